The molecule has 1 aliphatic rings. The summed E-state index contributed by atoms with van der Waals surface area (Å²) in [6, 6.07) is 6.40. The number of nitrogens with zero attached hydrogens (tertiary/aromatic N) is 2. The number of rotatable bonds is 2. The molecule has 1 aromatic rings. The number of halogens is 1. The largest absolute Gasteiger partial charge is 0.399 e. The first-order valence-corrected chi connectivity index (χ1v) is 6.44. The first kappa shape index (κ1) is 13.1. The van der Waals surface area contributed by atoms with Crippen LogP contribution in [0.4, 0.5) is 15.8 Å². The molecule has 0 unspecified atom stereocenters. The van der Waals surface area contributed by atoms with Crippen molar-refractivity contribution in [2.75, 3.05) is 30.8 Å². The van der Waals surface area contributed by atoms with Crippen molar-refractivity contribution in [3.8, 4) is 0 Å². The average molecular weight is 251 g/mol. The van der Waals surface area contributed by atoms with Crippen molar-refractivity contribution in [3.05, 3.63) is 23.8 Å². The fraction of sp³-hybridized carbons (Fsp3) is 0.571. The summed E-state index contributed by atoms with van der Waals surface area (Å²) in [5.74, 6) is 0. The van der Waals surface area contributed by atoms with Crippen molar-refractivity contribution in [2.45, 2.75) is 32.6 Å². The molecule has 2 rings (SSSR count). The zero-order chi connectivity index (χ0) is 13.3. The fourth-order valence-corrected chi connectivity index (χ4v) is 2.63. The maximum Gasteiger partial charge on any atom is 0.117 e. The topological polar surface area (TPSA) is 32.5 Å². The molecule has 1 aliphatic heterocycles. The van der Waals surface area contributed by atoms with Gasteiger partial charge in [0.25, 0.3) is 0 Å². The van der Waals surface area contributed by atoms with Crippen LogP contribution in [0.1, 0.15) is 19.4 Å². The van der Waals surface area contributed by atoms with E-state index in [1.807, 2.05) is 12.1 Å². The number of likely N-dealkylation sites (N-methyl/N-ethyl adjacent to an activating group) is 1. The molecule has 4 heteroatoms. The lowest BCUT2D eigenvalue weighted by Crippen LogP contribution is -2.55. The van der Waals surface area contributed by atoms with Crippen molar-refractivity contribution >= 4 is 11.4 Å². The number of hydrogen-bond acceptors (Lipinski definition) is 3. The van der Waals surface area contributed by atoms with Gasteiger partial charge in [0.05, 0.1) is 0 Å². The quantitative estimate of drug-likeness (QED) is 0.818. The standard InChI is InChI=1S/C14H22FN3/c1-10-9-18(11(2)8-17(10)3)14-5-4-13(16)6-12(14)7-15/h4-6,10-11H,7-9,16H2,1-3H3/t10-,11+/m0/s1. The molecular formula is C14H22FN3. The molecule has 2 N–H and O–H groups in total. The predicted octanol–water partition coefficient (Wildman–Crippen LogP) is 2.27. The van der Waals surface area contributed by atoms with Crippen LogP contribution in [0.3, 0.4) is 0 Å². The molecule has 3 nitrogen and oxygen atoms in total. The predicted molar refractivity (Wildman–Crippen MR) is 74.6 cm³/mol. The highest BCUT2D eigenvalue weighted by atomic mass is 19.1. The van der Waals surface area contributed by atoms with E-state index < -0.39 is 6.67 Å². The molecule has 1 saturated heterocycles. The fourth-order valence-electron chi connectivity index (χ4n) is 2.63. The summed E-state index contributed by atoms with van der Waals surface area (Å²) in [6.07, 6.45) is 0. The molecule has 18 heavy (non-hydrogen) atoms. The zero-order valence-electron chi connectivity index (χ0n) is 11.4. The molecule has 1 aromatic carbocycles. The molecule has 0 aromatic heterocycles. The number of anilines is 2. The molecular weight excluding hydrogens is 229 g/mol. The summed E-state index contributed by atoms with van der Waals surface area (Å²) in [5, 5.41) is 0. The SMILES string of the molecule is C[C@@H]1CN(C)[C@@H](C)CN1c1ccc(N)cc1CF. The Hall–Kier alpha value is -1.29. The highest BCUT2D eigenvalue weighted by Gasteiger charge is 2.27. The van der Waals surface area contributed by atoms with Crippen LogP contribution in [0.25, 0.3) is 0 Å². The van der Waals surface area contributed by atoms with Crippen molar-refractivity contribution in [1.29, 1.82) is 0 Å². The molecule has 0 bridgehead atoms. The van der Waals surface area contributed by atoms with Gasteiger partial charge in [-0.25, -0.2) is 4.39 Å². The lowest BCUT2D eigenvalue weighted by Gasteiger charge is -2.44. The van der Waals surface area contributed by atoms with E-state index in [-0.39, 0.29) is 0 Å². The number of alkyl halides is 1. The lowest BCUT2D eigenvalue weighted by molar-refractivity contribution is 0.205. The highest BCUT2D eigenvalue weighted by molar-refractivity contribution is 5.60. The normalized spacial score (nSPS) is 25.4. The van der Waals surface area contributed by atoms with Gasteiger partial charge in [-0.05, 0) is 39.1 Å². The summed E-state index contributed by atoms with van der Waals surface area (Å²) in [7, 11) is 2.14. The van der Waals surface area contributed by atoms with Gasteiger partial charge >= 0.3 is 0 Å². The molecule has 1 fully saturated rings. The van der Waals surface area contributed by atoms with Gasteiger partial charge < -0.3 is 10.6 Å². The number of piperazine rings is 1. The highest BCUT2D eigenvalue weighted by Crippen LogP contribution is 2.28. The Morgan fingerprint density at radius 2 is 2.00 bits per heavy atom. The van der Waals surface area contributed by atoms with E-state index in [4.69, 9.17) is 5.73 Å². The third-order valence-corrected chi connectivity index (χ3v) is 3.85. The van der Waals surface area contributed by atoms with Crippen LogP contribution < -0.4 is 10.6 Å². The van der Waals surface area contributed by atoms with Gasteiger partial charge in [-0.3, -0.25) is 4.90 Å². The second-order valence-electron chi connectivity index (χ2n) is 5.31. The zero-order valence-corrected chi connectivity index (χ0v) is 11.4. The molecule has 2 atom stereocenters. The summed E-state index contributed by atoms with van der Waals surface area (Å²) in [4.78, 5) is 4.63. The van der Waals surface area contributed by atoms with Crippen LogP contribution in [-0.4, -0.2) is 37.1 Å². The van der Waals surface area contributed by atoms with Crippen LogP contribution in [0.2, 0.25) is 0 Å². The first-order chi connectivity index (χ1) is 8.52. The van der Waals surface area contributed by atoms with Gasteiger partial charge in [-0.2, -0.15) is 0 Å². The van der Waals surface area contributed by atoms with Gasteiger partial charge in [0.15, 0.2) is 0 Å². The van der Waals surface area contributed by atoms with Gasteiger partial charge in [-0.15, -0.1) is 0 Å². The van der Waals surface area contributed by atoms with Crippen molar-refractivity contribution in [2.24, 2.45) is 0 Å². The number of benzene rings is 1. The Morgan fingerprint density at radius 3 is 2.67 bits per heavy atom. The monoisotopic (exact) mass is 251 g/mol. The average Bonchev–Trinajstić information content (AvgIpc) is 2.34. The van der Waals surface area contributed by atoms with Crippen molar-refractivity contribution < 1.29 is 4.39 Å². The smallest absolute Gasteiger partial charge is 0.117 e. The minimum absolute atomic E-state index is 0.389. The second-order valence-corrected chi connectivity index (χ2v) is 5.31. The van der Waals surface area contributed by atoms with E-state index in [0.29, 0.717) is 23.3 Å². The van der Waals surface area contributed by atoms with Gasteiger partial charge in [-0.1, -0.05) is 0 Å². The Bertz CT molecular complexity index is 422. The molecule has 0 amide bonds. The third kappa shape index (κ3) is 2.43. The summed E-state index contributed by atoms with van der Waals surface area (Å²) >= 11 is 0. The van der Waals surface area contributed by atoms with Crippen LogP contribution in [0, 0.1) is 0 Å². The minimum atomic E-state index is -0.464. The molecule has 0 spiro atoms. The summed E-state index contributed by atoms with van der Waals surface area (Å²) in [6.45, 7) is 5.84. The number of nitrogens with two attached hydrogens (primary N) is 1. The maximum absolute atomic E-state index is 13.1. The Labute approximate surface area is 108 Å². The molecule has 0 aliphatic carbocycles. The van der Waals surface area contributed by atoms with E-state index in [0.717, 1.165) is 18.8 Å². The van der Waals surface area contributed by atoms with Gasteiger partial charge in [0.1, 0.15) is 6.67 Å². The second kappa shape index (κ2) is 5.14. The summed E-state index contributed by atoms with van der Waals surface area (Å²) < 4.78 is 13.1. The minimum Gasteiger partial charge on any atom is -0.399 e. The van der Waals surface area contributed by atoms with Crippen LogP contribution >= 0.6 is 0 Å². The number of hydrogen-bond donors (Lipinski definition) is 1. The van der Waals surface area contributed by atoms with Crippen molar-refractivity contribution in [3.63, 3.8) is 0 Å². The van der Waals surface area contributed by atoms with Crippen LogP contribution in [0.5, 0.6) is 0 Å². The van der Waals surface area contributed by atoms with Crippen LogP contribution in [0.15, 0.2) is 18.2 Å². The molecule has 1 heterocycles. The Morgan fingerprint density at radius 1 is 1.28 bits per heavy atom. The first-order valence-electron chi connectivity index (χ1n) is 6.44. The van der Waals surface area contributed by atoms with Gasteiger partial charge in [0.2, 0.25) is 0 Å². The summed E-state index contributed by atoms with van der Waals surface area (Å²) in [5.41, 5.74) is 8.03. The Kier molecular flexibility index (Phi) is 3.76. The lowest BCUT2D eigenvalue weighted by atomic mass is 10.0. The number of nitrogen functional groups attached to an aromatic ring is 1. The van der Waals surface area contributed by atoms with Crippen molar-refractivity contribution in [1.82, 2.24) is 4.90 Å². The van der Waals surface area contributed by atoms with Crippen LogP contribution in [-0.2, 0) is 6.67 Å². The maximum atomic E-state index is 13.1. The van der Waals surface area contributed by atoms with Gasteiger partial charge in [0, 0.05) is 42.1 Å². The van der Waals surface area contributed by atoms with E-state index in [2.05, 4.69) is 30.7 Å². The van der Waals surface area contributed by atoms with E-state index >= 15 is 0 Å². The third-order valence-electron chi connectivity index (χ3n) is 3.85. The van der Waals surface area contributed by atoms with E-state index in [1.165, 1.54) is 0 Å². The van der Waals surface area contributed by atoms with E-state index in [1.54, 1.807) is 6.07 Å². The van der Waals surface area contributed by atoms with E-state index in [9.17, 15) is 4.39 Å². The molecule has 0 saturated carbocycles. The Balaban J connectivity index is 2.30. The molecule has 100 valence electrons. The molecule has 0 radical (unpaired) electrons.